The largest absolute Gasteiger partial charge is 0.327 e. The molecule has 0 radical (unpaired) electrons. The summed E-state index contributed by atoms with van der Waals surface area (Å²) in [4.78, 5) is 28.2. The van der Waals surface area contributed by atoms with Gasteiger partial charge < -0.3 is 11.1 Å². The summed E-state index contributed by atoms with van der Waals surface area (Å²) >= 11 is 1.48. The topological polar surface area (TPSA) is 97.1 Å². The van der Waals surface area contributed by atoms with E-state index in [4.69, 9.17) is 5.73 Å². The Kier molecular flexibility index (Phi) is 3.75. The number of halogens is 1. The third-order valence-corrected chi connectivity index (χ3v) is 3.44. The van der Waals surface area contributed by atoms with Crippen LogP contribution in [0, 0.1) is 13.8 Å². The zero-order valence-corrected chi connectivity index (χ0v) is 11.0. The van der Waals surface area contributed by atoms with E-state index in [1.54, 1.807) is 0 Å². The molecular weight excluding hydrogens is 264 g/mol. The summed E-state index contributed by atoms with van der Waals surface area (Å²) in [5, 5.41) is 5.59. The average molecular weight is 277 g/mol. The van der Waals surface area contributed by atoms with Gasteiger partial charge in [-0.3, -0.25) is 10.1 Å². The summed E-state index contributed by atoms with van der Waals surface area (Å²) in [5.74, 6) is -0.437. The number of aryl methyl sites for hydroxylation is 2. The van der Waals surface area contributed by atoms with Gasteiger partial charge in [-0.25, -0.2) is 9.78 Å². The van der Waals surface area contributed by atoms with Gasteiger partial charge in [0.2, 0.25) is 0 Å². The molecule has 1 saturated heterocycles. The first-order valence-electron chi connectivity index (χ1n) is 4.78. The Bertz CT molecular complexity index is 476. The Balaban J connectivity index is 0.00000144. The van der Waals surface area contributed by atoms with E-state index in [9.17, 15) is 9.59 Å². The molecule has 1 atom stereocenters. The number of hydrogen-bond donors (Lipinski definition) is 3. The molecule has 0 unspecified atom stereocenters. The van der Waals surface area contributed by atoms with Crippen LogP contribution in [0.1, 0.15) is 15.6 Å². The molecule has 0 aromatic carbocycles. The summed E-state index contributed by atoms with van der Waals surface area (Å²) < 4.78 is 0. The van der Waals surface area contributed by atoms with Crippen LogP contribution >= 0.6 is 23.7 Å². The van der Waals surface area contributed by atoms with Crippen LogP contribution in [0.2, 0.25) is 0 Å². The molecule has 1 fully saturated rings. The maximum absolute atomic E-state index is 11.8. The van der Waals surface area contributed by atoms with Crippen LogP contribution in [0.4, 0.5) is 4.79 Å². The van der Waals surface area contributed by atoms with Gasteiger partial charge in [-0.2, -0.15) is 0 Å². The van der Waals surface area contributed by atoms with E-state index in [-0.39, 0.29) is 19.0 Å². The molecule has 6 nitrogen and oxygen atoms in total. The van der Waals surface area contributed by atoms with E-state index >= 15 is 0 Å². The molecule has 1 aliphatic rings. The number of nitrogens with zero attached hydrogens (tertiary/aromatic N) is 1. The third-order valence-electron chi connectivity index (χ3n) is 2.56. The predicted molar refractivity (Wildman–Crippen MR) is 66.2 cm³/mol. The Morgan fingerprint density at radius 1 is 1.41 bits per heavy atom. The van der Waals surface area contributed by atoms with Crippen LogP contribution in [0.3, 0.4) is 0 Å². The lowest BCUT2D eigenvalue weighted by molar-refractivity contribution is -0.124. The number of aromatic nitrogens is 1. The number of carbonyl (C=O) groups excluding carboxylic acids is 2. The van der Waals surface area contributed by atoms with Crippen LogP contribution in [0.5, 0.6) is 0 Å². The van der Waals surface area contributed by atoms with Gasteiger partial charge in [0.1, 0.15) is 0 Å². The Morgan fingerprint density at radius 3 is 2.41 bits per heavy atom. The van der Waals surface area contributed by atoms with Gasteiger partial charge in [0.05, 0.1) is 10.7 Å². The van der Waals surface area contributed by atoms with Crippen LogP contribution in [0.15, 0.2) is 0 Å². The quantitative estimate of drug-likeness (QED) is 0.671. The fraction of sp³-hybridized carbons (Fsp3) is 0.444. The third kappa shape index (κ3) is 2.01. The van der Waals surface area contributed by atoms with Crippen molar-refractivity contribution in [3.63, 3.8) is 0 Å². The first kappa shape index (κ1) is 13.9. The van der Waals surface area contributed by atoms with Crippen molar-refractivity contribution in [3.8, 4) is 0 Å². The van der Waals surface area contributed by atoms with Crippen LogP contribution in [0.25, 0.3) is 0 Å². The lowest BCUT2D eigenvalue weighted by Gasteiger charge is -2.22. The molecule has 0 saturated carbocycles. The van der Waals surface area contributed by atoms with Crippen molar-refractivity contribution in [1.82, 2.24) is 15.6 Å². The van der Waals surface area contributed by atoms with Gasteiger partial charge in [0.15, 0.2) is 5.54 Å². The van der Waals surface area contributed by atoms with E-state index in [1.807, 2.05) is 13.8 Å². The molecule has 0 aliphatic carbocycles. The molecular formula is C9H13ClN4O2S. The molecule has 94 valence electrons. The summed E-state index contributed by atoms with van der Waals surface area (Å²) in [5.41, 5.74) is 4.96. The summed E-state index contributed by atoms with van der Waals surface area (Å²) in [6, 6.07) is -0.527. The highest BCUT2D eigenvalue weighted by molar-refractivity contribution is 7.11. The second-order valence-electron chi connectivity index (χ2n) is 3.66. The maximum atomic E-state index is 11.8. The van der Waals surface area contributed by atoms with E-state index in [1.165, 1.54) is 11.3 Å². The smallest absolute Gasteiger partial charge is 0.322 e. The molecule has 17 heavy (non-hydrogen) atoms. The molecule has 4 N–H and O–H groups in total. The SMILES string of the molecule is Cc1nc([C@@]2(CN)NC(=O)NC2=O)c(C)s1.Cl. The summed E-state index contributed by atoms with van der Waals surface area (Å²) in [6.45, 7) is 3.70. The fourth-order valence-corrected chi connectivity index (χ4v) is 2.72. The van der Waals surface area contributed by atoms with Gasteiger partial charge in [-0.1, -0.05) is 0 Å². The first-order valence-corrected chi connectivity index (χ1v) is 5.59. The van der Waals surface area contributed by atoms with E-state index in [2.05, 4.69) is 15.6 Å². The van der Waals surface area contributed by atoms with Crippen LogP contribution < -0.4 is 16.4 Å². The minimum absolute atomic E-state index is 0. The number of hydrogen-bond acceptors (Lipinski definition) is 5. The molecule has 1 aromatic heterocycles. The second kappa shape index (κ2) is 4.59. The van der Waals surface area contributed by atoms with Crippen molar-refractivity contribution < 1.29 is 9.59 Å². The molecule has 0 spiro atoms. The lowest BCUT2D eigenvalue weighted by Crippen LogP contribution is -2.50. The van der Waals surface area contributed by atoms with Crippen molar-refractivity contribution in [1.29, 1.82) is 0 Å². The van der Waals surface area contributed by atoms with E-state index in [0.29, 0.717) is 5.69 Å². The van der Waals surface area contributed by atoms with Crippen LogP contribution in [-0.2, 0) is 10.3 Å². The monoisotopic (exact) mass is 276 g/mol. The molecule has 2 heterocycles. The van der Waals surface area contributed by atoms with Gasteiger partial charge in [-0.15, -0.1) is 23.7 Å². The number of nitrogens with one attached hydrogen (secondary N) is 2. The highest BCUT2D eigenvalue weighted by atomic mass is 35.5. The number of rotatable bonds is 2. The molecule has 8 heteroatoms. The van der Waals surface area contributed by atoms with Gasteiger partial charge in [0.25, 0.3) is 5.91 Å². The van der Waals surface area contributed by atoms with Crippen molar-refractivity contribution >= 4 is 35.7 Å². The Hall–Kier alpha value is -1.18. The highest BCUT2D eigenvalue weighted by Gasteiger charge is 2.49. The number of nitrogens with two attached hydrogens (primary N) is 1. The minimum atomic E-state index is -1.20. The number of urea groups is 1. The fourth-order valence-electron chi connectivity index (χ4n) is 1.82. The predicted octanol–water partition coefficient (Wildman–Crippen LogP) is 0.175. The molecule has 2 rings (SSSR count). The molecule has 1 aromatic rings. The van der Waals surface area contributed by atoms with Crippen molar-refractivity contribution in [2.75, 3.05) is 6.54 Å². The van der Waals surface area contributed by atoms with E-state index < -0.39 is 17.5 Å². The average Bonchev–Trinajstić information content (AvgIpc) is 2.67. The van der Waals surface area contributed by atoms with Gasteiger partial charge in [-0.05, 0) is 13.8 Å². The number of carbonyl (C=O) groups is 2. The number of imide groups is 1. The zero-order valence-electron chi connectivity index (χ0n) is 9.36. The Morgan fingerprint density at radius 2 is 2.06 bits per heavy atom. The first-order chi connectivity index (χ1) is 7.49. The van der Waals surface area contributed by atoms with E-state index in [0.717, 1.165) is 9.88 Å². The van der Waals surface area contributed by atoms with Crippen molar-refractivity contribution in [3.05, 3.63) is 15.6 Å². The summed E-state index contributed by atoms with van der Waals surface area (Å²) in [7, 11) is 0. The van der Waals surface area contributed by atoms with Crippen LogP contribution in [-0.4, -0.2) is 23.5 Å². The van der Waals surface area contributed by atoms with Gasteiger partial charge >= 0.3 is 6.03 Å². The maximum Gasteiger partial charge on any atom is 0.322 e. The molecule has 0 bridgehead atoms. The van der Waals surface area contributed by atoms with Crippen molar-refractivity contribution in [2.24, 2.45) is 5.73 Å². The van der Waals surface area contributed by atoms with Crippen molar-refractivity contribution in [2.45, 2.75) is 19.4 Å². The normalized spacial score (nSPS) is 23.0. The number of thiazole rings is 1. The molecule has 3 amide bonds. The highest BCUT2D eigenvalue weighted by Crippen LogP contribution is 2.29. The lowest BCUT2D eigenvalue weighted by atomic mass is 9.95. The minimum Gasteiger partial charge on any atom is -0.327 e. The second-order valence-corrected chi connectivity index (χ2v) is 5.06. The molecule has 1 aliphatic heterocycles. The summed E-state index contributed by atoms with van der Waals surface area (Å²) in [6.07, 6.45) is 0. The Labute approximate surface area is 108 Å². The standard InChI is InChI=1S/C9H12N4O2S.ClH/c1-4-6(11-5(2)16-4)9(3-10)7(14)12-8(15)13-9;/h3,10H2,1-2H3,(H2,12,13,14,15);1H/t9-;/m1./s1. The number of amides is 3. The zero-order chi connectivity index (χ0) is 11.9. The van der Waals surface area contributed by atoms with Gasteiger partial charge in [0, 0.05) is 11.4 Å².